The predicted molar refractivity (Wildman–Crippen MR) is 59.0 cm³/mol. The molecule has 1 aromatic carbocycles. The maximum Gasteiger partial charge on any atom is 0.339 e. The third-order valence-corrected chi connectivity index (χ3v) is 2.16. The number of alkyl halides is 1. The van der Waals surface area contributed by atoms with E-state index in [2.05, 4.69) is 0 Å². The molecule has 1 aromatic rings. The number of aromatic carboxylic acids is 1. The summed E-state index contributed by atoms with van der Waals surface area (Å²) in [6.07, 6.45) is 0.544. The topological polar surface area (TPSA) is 63.6 Å². The van der Waals surface area contributed by atoms with Gasteiger partial charge in [0.1, 0.15) is 0 Å². The lowest BCUT2D eigenvalue weighted by Crippen LogP contribution is -2.12. The Hall–Kier alpha value is -1.55. The minimum atomic E-state index is -1.15. The average molecular weight is 243 g/mol. The zero-order valence-electron chi connectivity index (χ0n) is 8.48. The van der Waals surface area contributed by atoms with Gasteiger partial charge < -0.3 is 9.84 Å². The molecule has 0 radical (unpaired) electrons. The van der Waals surface area contributed by atoms with Crippen LogP contribution in [0, 0.1) is 0 Å². The highest BCUT2D eigenvalue weighted by Crippen LogP contribution is 2.10. The van der Waals surface area contributed by atoms with Gasteiger partial charge in [-0.15, -0.1) is 11.6 Å². The molecule has 16 heavy (non-hydrogen) atoms. The fourth-order valence-corrected chi connectivity index (χ4v) is 1.25. The molecular formula is C11H11ClO4. The van der Waals surface area contributed by atoms with Gasteiger partial charge in [0.25, 0.3) is 0 Å². The van der Waals surface area contributed by atoms with Crippen LogP contribution in [-0.2, 0) is 4.74 Å². The van der Waals surface area contributed by atoms with Crippen LogP contribution in [0.3, 0.4) is 0 Å². The Morgan fingerprint density at radius 3 is 2.44 bits per heavy atom. The first-order chi connectivity index (χ1) is 7.66. The number of ether oxygens (including phenoxy) is 1. The van der Waals surface area contributed by atoms with Gasteiger partial charge in [-0.1, -0.05) is 12.1 Å². The van der Waals surface area contributed by atoms with Crippen molar-refractivity contribution in [2.75, 3.05) is 12.5 Å². The molecular weight excluding hydrogens is 232 g/mol. The fourth-order valence-electron chi connectivity index (χ4n) is 1.14. The lowest BCUT2D eigenvalue weighted by Gasteiger charge is -2.05. The van der Waals surface area contributed by atoms with Gasteiger partial charge >= 0.3 is 11.9 Å². The zero-order valence-corrected chi connectivity index (χ0v) is 9.24. The first kappa shape index (κ1) is 12.5. The number of carboxylic acids is 1. The maximum absolute atomic E-state index is 11.5. The number of carbonyl (C=O) groups excluding carboxylic acids is 1. The number of esters is 1. The molecule has 0 aliphatic carbocycles. The van der Waals surface area contributed by atoms with Gasteiger partial charge in [-0.05, 0) is 18.6 Å². The van der Waals surface area contributed by atoms with E-state index in [1.54, 1.807) is 12.1 Å². The first-order valence-corrected chi connectivity index (χ1v) is 5.25. The number of benzene rings is 1. The minimum Gasteiger partial charge on any atom is -0.478 e. The molecule has 0 aromatic heterocycles. The van der Waals surface area contributed by atoms with Crippen molar-refractivity contribution in [3.05, 3.63) is 35.4 Å². The number of hydrogen-bond acceptors (Lipinski definition) is 3. The Balaban J connectivity index is 2.78. The molecule has 0 bridgehead atoms. The third-order valence-electron chi connectivity index (χ3n) is 1.89. The highest BCUT2D eigenvalue weighted by atomic mass is 35.5. The minimum absolute atomic E-state index is 0.0571. The molecule has 86 valence electrons. The van der Waals surface area contributed by atoms with Crippen molar-refractivity contribution in [2.45, 2.75) is 6.42 Å². The Kier molecular flexibility index (Phi) is 4.79. The van der Waals surface area contributed by atoms with Gasteiger partial charge in [0, 0.05) is 5.88 Å². The monoisotopic (exact) mass is 242 g/mol. The van der Waals surface area contributed by atoms with Crippen LogP contribution < -0.4 is 0 Å². The van der Waals surface area contributed by atoms with Crippen LogP contribution in [0.1, 0.15) is 27.1 Å². The van der Waals surface area contributed by atoms with Crippen molar-refractivity contribution >= 4 is 23.5 Å². The Labute approximate surface area is 97.8 Å². The summed E-state index contributed by atoms with van der Waals surface area (Å²) in [5.74, 6) is -1.39. The molecule has 0 aliphatic heterocycles. The van der Waals surface area contributed by atoms with Crippen molar-refractivity contribution in [3.8, 4) is 0 Å². The molecule has 1 rings (SSSR count). The second-order valence-electron chi connectivity index (χ2n) is 3.03. The summed E-state index contributed by atoms with van der Waals surface area (Å²) in [5, 5.41) is 8.86. The van der Waals surface area contributed by atoms with E-state index < -0.39 is 11.9 Å². The lowest BCUT2D eigenvalue weighted by atomic mass is 10.1. The second-order valence-corrected chi connectivity index (χ2v) is 3.41. The highest BCUT2D eigenvalue weighted by Gasteiger charge is 2.16. The molecule has 0 saturated heterocycles. The number of halogens is 1. The van der Waals surface area contributed by atoms with Crippen LogP contribution in [0.2, 0.25) is 0 Å². The summed E-state index contributed by atoms with van der Waals surface area (Å²) in [4.78, 5) is 22.3. The van der Waals surface area contributed by atoms with E-state index in [0.717, 1.165) is 0 Å². The number of carboxylic acid groups (broad SMARTS) is 1. The molecule has 0 atom stereocenters. The fraction of sp³-hybridized carbons (Fsp3) is 0.273. The molecule has 0 heterocycles. The van der Waals surface area contributed by atoms with E-state index in [9.17, 15) is 9.59 Å². The lowest BCUT2D eigenvalue weighted by molar-refractivity contribution is 0.0495. The molecule has 0 spiro atoms. The molecule has 0 fully saturated rings. The molecule has 0 unspecified atom stereocenters. The Morgan fingerprint density at radius 1 is 1.25 bits per heavy atom. The van der Waals surface area contributed by atoms with E-state index >= 15 is 0 Å². The first-order valence-electron chi connectivity index (χ1n) is 4.72. The number of rotatable bonds is 5. The quantitative estimate of drug-likeness (QED) is 0.488. The van der Waals surface area contributed by atoms with E-state index in [1.165, 1.54) is 12.1 Å². The van der Waals surface area contributed by atoms with Crippen molar-refractivity contribution < 1.29 is 19.4 Å². The van der Waals surface area contributed by atoms with Crippen molar-refractivity contribution in [2.24, 2.45) is 0 Å². The van der Waals surface area contributed by atoms with Crippen LogP contribution in [0.15, 0.2) is 24.3 Å². The number of carbonyl (C=O) groups is 2. The van der Waals surface area contributed by atoms with Crippen LogP contribution in [0.5, 0.6) is 0 Å². The van der Waals surface area contributed by atoms with Gasteiger partial charge in [-0.3, -0.25) is 0 Å². The van der Waals surface area contributed by atoms with Gasteiger partial charge in [0.15, 0.2) is 0 Å². The van der Waals surface area contributed by atoms with Gasteiger partial charge in [0.2, 0.25) is 0 Å². The molecule has 0 amide bonds. The smallest absolute Gasteiger partial charge is 0.339 e. The predicted octanol–water partition coefficient (Wildman–Crippen LogP) is 2.17. The van der Waals surface area contributed by atoms with Crippen LogP contribution >= 0.6 is 11.6 Å². The summed E-state index contributed by atoms with van der Waals surface area (Å²) < 4.78 is 4.87. The SMILES string of the molecule is O=C(O)c1ccccc1C(=O)OCCCCl. The van der Waals surface area contributed by atoms with E-state index in [-0.39, 0.29) is 17.7 Å². The van der Waals surface area contributed by atoms with Crippen LogP contribution in [-0.4, -0.2) is 29.5 Å². The largest absolute Gasteiger partial charge is 0.478 e. The molecule has 1 N–H and O–H groups in total. The molecule has 0 aliphatic rings. The summed E-state index contributed by atoms with van der Waals surface area (Å²) in [6.45, 7) is 0.191. The Bertz CT molecular complexity index is 389. The van der Waals surface area contributed by atoms with E-state index in [1.807, 2.05) is 0 Å². The normalized spacial score (nSPS) is 9.81. The number of hydrogen-bond donors (Lipinski definition) is 1. The summed E-state index contributed by atoms with van der Waals surface area (Å²) in [7, 11) is 0. The van der Waals surface area contributed by atoms with Gasteiger partial charge in [-0.2, -0.15) is 0 Å². The average Bonchev–Trinajstić information content (AvgIpc) is 2.29. The van der Waals surface area contributed by atoms with Crippen molar-refractivity contribution in [1.82, 2.24) is 0 Å². The van der Waals surface area contributed by atoms with E-state index in [0.29, 0.717) is 12.3 Å². The standard InChI is InChI=1S/C11H11ClO4/c12-6-3-7-16-11(15)9-5-2-1-4-8(9)10(13)14/h1-2,4-5H,3,6-7H2,(H,13,14). The summed E-state index contributed by atoms with van der Waals surface area (Å²) in [5.41, 5.74) is 0.00273. The molecule has 5 heteroatoms. The van der Waals surface area contributed by atoms with Crippen LogP contribution in [0.4, 0.5) is 0 Å². The van der Waals surface area contributed by atoms with Gasteiger partial charge in [-0.25, -0.2) is 9.59 Å². The summed E-state index contributed by atoms with van der Waals surface area (Å²) in [6, 6.07) is 5.93. The zero-order chi connectivity index (χ0) is 12.0. The highest BCUT2D eigenvalue weighted by molar-refractivity contribution is 6.17. The van der Waals surface area contributed by atoms with Crippen LogP contribution in [0.25, 0.3) is 0 Å². The van der Waals surface area contributed by atoms with Crippen molar-refractivity contribution in [1.29, 1.82) is 0 Å². The molecule has 0 saturated carbocycles. The van der Waals surface area contributed by atoms with E-state index in [4.69, 9.17) is 21.4 Å². The van der Waals surface area contributed by atoms with Gasteiger partial charge in [0.05, 0.1) is 17.7 Å². The summed E-state index contributed by atoms with van der Waals surface area (Å²) >= 11 is 5.43. The Morgan fingerprint density at radius 2 is 1.88 bits per heavy atom. The molecule has 4 nitrogen and oxygen atoms in total. The second kappa shape index (κ2) is 6.12. The maximum atomic E-state index is 11.5. The third kappa shape index (κ3) is 3.24. The van der Waals surface area contributed by atoms with Crippen molar-refractivity contribution in [3.63, 3.8) is 0 Å².